The van der Waals surface area contributed by atoms with E-state index in [0.717, 1.165) is 22.6 Å². The predicted octanol–water partition coefficient (Wildman–Crippen LogP) is 3.48. The SMILES string of the molecule is Cc1ccc(OCCNC(=O)C(=O)c2c(C)nn(-c3ccccc3)c2C)c(C)c1. The van der Waals surface area contributed by atoms with Crippen LogP contribution in [0.4, 0.5) is 0 Å². The molecule has 6 heteroatoms. The van der Waals surface area contributed by atoms with E-state index < -0.39 is 11.7 Å². The molecule has 3 rings (SSSR count). The van der Waals surface area contributed by atoms with Gasteiger partial charge in [-0.25, -0.2) is 4.68 Å². The van der Waals surface area contributed by atoms with Crippen molar-refractivity contribution in [3.8, 4) is 11.4 Å². The number of ketones is 1. The van der Waals surface area contributed by atoms with Crippen LogP contribution in [0.3, 0.4) is 0 Å². The molecule has 1 amide bonds. The van der Waals surface area contributed by atoms with Gasteiger partial charge in [0, 0.05) is 0 Å². The maximum atomic E-state index is 12.7. The fraction of sp³-hybridized carbons (Fsp3) is 0.261. The molecule has 0 saturated heterocycles. The Hall–Kier alpha value is -3.41. The van der Waals surface area contributed by atoms with Crippen LogP contribution in [0.25, 0.3) is 5.69 Å². The van der Waals surface area contributed by atoms with E-state index in [9.17, 15) is 9.59 Å². The summed E-state index contributed by atoms with van der Waals surface area (Å²) in [5, 5.41) is 7.06. The molecule has 1 aromatic heterocycles. The van der Waals surface area contributed by atoms with Gasteiger partial charge in [-0.2, -0.15) is 5.10 Å². The number of hydrogen-bond acceptors (Lipinski definition) is 4. The molecule has 150 valence electrons. The molecule has 0 aliphatic rings. The number of nitrogens with zero attached hydrogens (tertiary/aromatic N) is 2. The molecule has 29 heavy (non-hydrogen) atoms. The van der Waals surface area contributed by atoms with Crippen LogP contribution in [0.5, 0.6) is 5.75 Å². The van der Waals surface area contributed by atoms with Crippen molar-refractivity contribution < 1.29 is 14.3 Å². The maximum Gasteiger partial charge on any atom is 0.292 e. The van der Waals surface area contributed by atoms with E-state index in [0.29, 0.717) is 17.0 Å². The summed E-state index contributed by atoms with van der Waals surface area (Å²) in [5.41, 5.74) is 4.54. The fourth-order valence-electron chi connectivity index (χ4n) is 3.27. The van der Waals surface area contributed by atoms with Crippen molar-refractivity contribution >= 4 is 11.7 Å². The third-order valence-corrected chi connectivity index (χ3v) is 4.70. The number of para-hydroxylation sites is 1. The highest BCUT2D eigenvalue weighted by Gasteiger charge is 2.24. The Labute approximate surface area is 170 Å². The highest BCUT2D eigenvalue weighted by molar-refractivity contribution is 6.43. The molecule has 0 radical (unpaired) electrons. The summed E-state index contributed by atoms with van der Waals surface area (Å²) < 4.78 is 7.37. The van der Waals surface area contributed by atoms with E-state index in [-0.39, 0.29) is 13.2 Å². The number of Topliss-reactive ketones (excluding diaryl/α,β-unsaturated/α-hetero) is 1. The zero-order valence-electron chi connectivity index (χ0n) is 17.2. The zero-order chi connectivity index (χ0) is 21.0. The van der Waals surface area contributed by atoms with Crippen LogP contribution in [0.15, 0.2) is 48.5 Å². The van der Waals surface area contributed by atoms with Crippen molar-refractivity contribution in [2.45, 2.75) is 27.7 Å². The summed E-state index contributed by atoms with van der Waals surface area (Å²) in [4.78, 5) is 25.0. The van der Waals surface area contributed by atoms with Gasteiger partial charge in [0.15, 0.2) is 0 Å². The average Bonchev–Trinajstić information content (AvgIpc) is 3.00. The molecule has 2 aromatic carbocycles. The second-order valence-corrected chi connectivity index (χ2v) is 7.00. The van der Waals surface area contributed by atoms with Crippen molar-refractivity contribution in [2.75, 3.05) is 13.2 Å². The summed E-state index contributed by atoms with van der Waals surface area (Å²) in [7, 11) is 0. The molecule has 0 saturated carbocycles. The summed E-state index contributed by atoms with van der Waals surface area (Å²) in [6, 6.07) is 15.4. The minimum Gasteiger partial charge on any atom is -0.491 e. The highest BCUT2D eigenvalue weighted by atomic mass is 16.5. The number of benzene rings is 2. The highest BCUT2D eigenvalue weighted by Crippen LogP contribution is 2.19. The fourth-order valence-corrected chi connectivity index (χ4v) is 3.27. The minimum atomic E-state index is -0.659. The van der Waals surface area contributed by atoms with E-state index in [1.54, 1.807) is 18.5 Å². The van der Waals surface area contributed by atoms with Crippen molar-refractivity contribution in [1.29, 1.82) is 0 Å². The Morgan fingerprint density at radius 2 is 1.76 bits per heavy atom. The van der Waals surface area contributed by atoms with Crippen molar-refractivity contribution in [3.05, 3.63) is 76.6 Å². The van der Waals surface area contributed by atoms with Crippen LogP contribution < -0.4 is 10.1 Å². The second-order valence-electron chi connectivity index (χ2n) is 7.00. The molecular formula is C23H25N3O3. The Kier molecular flexibility index (Phi) is 6.12. The molecule has 0 fully saturated rings. The molecule has 1 heterocycles. The Bertz CT molecular complexity index is 1040. The van der Waals surface area contributed by atoms with Crippen molar-refractivity contribution in [2.24, 2.45) is 0 Å². The lowest BCUT2D eigenvalue weighted by Crippen LogP contribution is -2.34. The molecule has 1 N–H and O–H groups in total. The number of ether oxygens (including phenoxy) is 1. The number of rotatable bonds is 7. The van der Waals surface area contributed by atoms with Crippen molar-refractivity contribution in [3.63, 3.8) is 0 Å². The zero-order valence-corrected chi connectivity index (χ0v) is 17.2. The van der Waals surface area contributed by atoms with Crippen molar-refractivity contribution in [1.82, 2.24) is 15.1 Å². The number of aryl methyl sites for hydroxylation is 3. The molecule has 6 nitrogen and oxygen atoms in total. The van der Waals surface area contributed by atoms with Gasteiger partial charge in [-0.15, -0.1) is 0 Å². The number of carbonyl (C=O) groups is 2. The van der Waals surface area contributed by atoms with E-state index in [2.05, 4.69) is 10.4 Å². The summed E-state index contributed by atoms with van der Waals surface area (Å²) in [6.07, 6.45) is 0. The lowest BCUT2D eigenvalue weighted by molar-refractivity contribution is -0.117. The molecular weight excluding hydrogens is 366 g/mol. The van der Waals surface area contributed by atoms with Gasteiger partial charge in [0.2, 0.25) is 0 Å². The van der Waals surface area contributed by atoms with E-state index in [1.165, 1.54) is 0 Å². The smallest absolute Gasteiger partial charge is 0.292 e. The largest absolute Gasteiger partial charge is 0.491 e. The summed E-state index contributed by atoms with van der Waals surface area (Å²) in [6.45, 7) is 8.03. The molecule has 3 aromatic rings. The average molecular weight is 391 g/mol. The van der Waals surface area contributed by atoms with E-state index >= 15 is 0 Å². The third kappa shape index (κ3) is 4.54. The number of carbonyl (C=O) groups excluding carboxylic acids is 2. The number of nitrogens with one attached hydrogen (secondary N) is 1. The van der Waals surface area contributed by atoms with E-state index in [1.807, 2.05) is 62.4 Å². The topological polar surface area (TPSA) is 73.2 Å². The Morgan fingerprint density at radius 1 is 1.03 bits per heavy atom. The first-order chi connectivity index (χ1) is 13.9. The summed E-state index contributed by atoms with van der Waals surface area (Å²) in [5.74, 6) is -0.478. The van der Waals surface area contributed by atoms with Gasteiger partial charge in [0.05, 0.1) is 29.2 Å². The first-order valence-corrected chi connectivity index (χ1v) is 9.52. The molecule has 0 bridgehead atoms. The normalized spacial score (nSPS) is 10.6. The van der Waals surface area contributed by atoms with Crippen LogP contribution in [0, 0.1) is 27.7 Å². The first-order valence-electron chi connectivity index (χ1n) is 9.52. The number of hydrogen-bond donors (Lipinski definition) is 1. The summed E-state index contributed by atoms with van der Waals surface area (Å²) >= 11 is 0. The molecule has 0 aliphatic carbocycles. The standard InChI is InChI=1S/C23H25N3O3/c1-15-10-11-20(16(2)14-15)29-13-12-24-23(28)22(27)21-17(3)25-26(18(21)4)19-8-6-5-7-9-19/h5-11,14H,12-13H2,1-4H3,(H,24,28). The first kappa shape index (κ1) is 20.3. The Morgan fingerprint density at radius 3 is 2.45 bits per heavy atom. The quantitative estimate of drug-likeness (QED) is 0.380. The minimum absolute atomic E-state index is 0.239. The molecule has 0 unspecified atom stereocenters. The van der Waals surface area contributed by atoms with Gasteiger partial charge in [-0.3, -0.25) is 9.59 Å². The van der Waals surface area contributed by atoms with Gasteiger partial charge in [0.1, 0.15) is 12.4 Å². The van der Waals surface area contributed by atoms with Gasteiger partial charge in [-0.1, -0.05) is 35.9 Å². The monoisotopic (exact) mass is 391 g/mol. The lowest BCUT2D eigenvalue weighted by atomic mass is 10.1. The van der Waals surface area contributed by atoms with Crippen LogP contribution in [0.2, 0.25) is 0 Å². The van der Waals surface area contributed by atoms with Gasteiger partial charge < -0.3 is 10.1 Å². The maximum absolute atomic E-state index is 12.7. The van der Waals surface area contributed by atoms with Crippen LogP contribution in [0.1, 0.15) is 32.9 Å². The third-order valence-electron chi connectivity index (χ3n) is 4.70. The number of aromatic nitrogens is 2. The Balaban J connectivity index is 1.62. The van der Waals surface area contributed by atoms with E-state index in [4.69, 9.17) is 4.74 Å². The van der Waals surface area contributed by atoms with Gasteiger partial charge in [-0.05, 0) is 51.5 Å². The molecule has 0 aliphatic heterocycles. The van der Waals surface area contributed by atoms with Gasteiger partial charge >= 0.3 is 0 Å². The lowest BCUT2D eigenvalue weighted by Gasteiger charge is -2.10. The predicted molar refractivity (Wildman–Crippen MR) is 112 cm³/mol. The van der Waals surface area contributed by atoms with Crippen LogP contribution in [-0.4, -0.2) is 34.6 Å². The van der Waals surface area contributed by atoms with Crippen LogP contribution in [-0.2, 0) is 4.79 Å². The second kappa shape index (κ2) is 8.73. The van der Waals surface area contributed by atoms with Crippen LogP contribution >= 0.6 is 0 Å². The number of amides is 1. The molecule has 0 spiro atoms. The van der Waals surface area contributed by atoms with Gasteiger partial charge in [0.25, 0.3) is 11.7 Å². The molecule has 0 atom stereocenters.